The van der Waals surface area contributed by atoms with Gasteiger partial charge in [-0.3, -0.25) is 5.41 Å². The van der Waals surface area contributed by atoms with Crippen molar-refractivity contribution in [3.63, 3.8) is 0 Å². The fourth-order valence-corrected chi connectivity index (χ4v) is 2.69. The van der Waals surface area contributed by atoms with Crippen LogP contribution >= 0.6 is 27.3 Å². The fraction of sp³-hybridized carbons (Fsp3) is 0.154. The van der Waals surface area contributed by atoms with Crippen LogP contribution in [0.15, 0.2) is 40.2 Å². The third kappa shape index (κ3) is 3.34. The molecule has 2 aromatic rings. The largest absolute Gasteiger partial charge is 0.492 e. The molecule has 0 aliphatic heterocycles. The molecule has 1 aromatic carbocycles. The van der Waals surface area contributed by atoms with E-state index in [9.17, 15) is 0 Å². The van der Waals surface area contributed by atoms with Crippen molar-refractivity contribution in [1.82, 2.24) is 0 Å². The number of amidine groups is 1. The predicted molar refractivity (Wildman–Crippen MR) is 78.7 cm³/mol. The Bertz CT molecular complexity index is 540. The van der Waals surface area contributed by atoms with E-state index < -0.39 is 0 Å². The highest BCUT2D eigenvalue weighted by Crippen LogP contribution is 2.26. The Kier molecular flexibility index (Phi) is 4.38. The highest BCUT2D eigenvalue weighted by atomic mass is 79.9. The molecule has 0 saturated carbocycles. The van der Waals surface area contributed by atoms with Gasteiger partial charge >= 0.3 is 0 Å². The molecule has 3 nitrogen and oxygen atoms in total. The number of nitrogens with one attached hydrogen (secondary N) is 1. The number of benzene rings is 1. The van der Waals surface area contributed by atoms with Crippen molar-refractivity contribution in [2.45, 2.75) is 6.42 Å². The molecule has 94 valence electrons. The fourth-order valence-electron chi connectivity index (χ4n) is 1.50. The van der Waals surface area contributed by atoms with Crippen molar-refractivity contribution in [2.24, 2.45) is 5.73 Å². The molecule has 18 heavy (non-hydrogen) atoms. The Morgan fingerprint density at radius 3 is 2.83 bits per heavy atom. The lowest BCUT2D eigenvalue weighted by atomic mass is 10.2. The molecule has 3 N–H and O–H groups in total. The molecule has 0 unspecified atom stereocenters. The third-order valence-corrected chi connectivity index (χ3v) is 3.98. The minimum Gasteiger partial charge on any atom is -0.492 e. The van der Waals surface area contributed by atoms with E-state index in [1.165, 1.54) is 4.88 Å². The quantitative estimate of drug-likeness (QED) is 0.654. The summed E-state index contributed by atoms with van der Waals surface area (Å²) in [5.41, 5.74) is 6.11. The first-order valence-electron chi connectivity index (χ1n) is 5.46. The van der Waals surface area contributed by atoms with Crippen LogP contribution in [0.2, 0.25) is 0 Å². The van der Waals surface area contributed by atoms with E-state index in [1.807, 2.05) is 12.1 Å². The average Bonchev–Trinajstić information content (AvgIpc) is 2.84. The normalized spacial score (nSPS) is 10.3. The summed E-state index contributed by atoms with van der Waals surface area (Å²) in [6.07, 6.45) is 0.901. The lowest BCUT2D eigenvalue weighted by molar-refractivity contribution is 0.321. The molecular weight excluding hydrogens is 312 g/mol. The molecule has 0 atom stereocenters. The Hall–Kier alpha value is -1.33. The van der Waals surface area contributed by atoms with Crippen LogP contribution in [-0.4, -0.2) is 12.4 Å². The van der Waals surface area contributed by atoms with Gasteiger partial charge in [0.05, 0.1) is 11.1 Å². The minimum absolute atomic E-state index is 0.0563. The second-order valence-electron chi connectivity index (χ2n) is 3.74. The average molecular weight is 325 g/mol. The van der Waals surface area contributed by atoms with Gasteiger partial charge in [0.1, 0.15) is 11.6 Å². The summed E-state index contributed by atoms with van der Waals surface area (Å²) in [5.74, 6) is 0.831. The number of nitrogens with two attached hydrogens (primary N) is 1. The van der Waals surface area contributed by atoms with Crippen molar-refractivity contribution in [3.8, 4) is 5.75 Å². The SMILES string of the molecule is N=C(N)c1ccc(OCCc2cccs2)c(Br)c1. The maximum atomic E-state index is 7.35. The summed E-state index contributed by atoms with van der Waals surface area (Å²) in [7, 11) is 0. The van der Waals surface area contributed by atoms with Crippen LogP contribution in [0.5, 0.6) is 5.75 Å². The van der Waals surface area contributed by atoms with Gasteiger partial charge in [0, 0.05) is 16.9 Å². The predicted octanol–water partition coefficient (Wildman–Crippen LogP) is 3.42. The van der Waals surface area contributed by atoms with Gasteiger partial charge in [-0.15, -0.1) is 11.3 Å². The van der Waals surface area contributed by atoms with Crippen molar-refractivity contribution in [1.29, 1.82) is 5.41 Å². The van der Waals surface area contributed by atoms with Gasteiger partial charge < -0.3 is 10.5 Å². The van der Waals surface area contributed by atoms with Gasteiger partial charge in [-0.1, -0.05) is 6.07 Å². The number of thiophene rings is 1. The molecule has 5 heteroatoms. The van der Waals surface area contributed by atoms with Crippen LogP contribution in [0.3, 0.4) is 0 Å². The van der Waals surface area contributed by atoms with Crippen LogP contribution in [0.4, 0.5) is 0 Å². The van der Waals surface area contributed by atoms with Gasteiger partial charge in [0.2, 0.25) is 0 Å². The molecule has 1 aromatic heterocycles. The first-order valence-corrected chi connectivity index (χ1v) is 7.13. The summed E-state index contributed by atoms with van der Waals surface area (Å²) in [6, 6.07) is 9.55. The van der Waals surface area contributed by atoms with Crippen molar-refractivity contribution in [3.05, 3.63) is 50.6 Å². The third-order valence-electron chi connectivity index (χ3n) is 2.43. The number of hydrogen-bond acceptors (Lipinski definition) is 3. The minimum atomic E-state index is 0.0563. The van der Waals surface area contributed by atoms with E-state index in [2.05, 4.69) is 27.4 Å². The number of hydrogen-bond donors (Lipinski definition) is 2. The van der Waals surface area contributed by atoms with Crippen molar-refractivity contribution < 1.29 is 4.74 Å². The topological polar surface area (TPSA) is 59.1 Å². The zero-order chi connectivity index (χ0) is 13.0. The number of halogens is 1. The maximum absolute atomic E-state index is 7.35. The molecule has 0 aliphatic rings. The van der Waals surface area contributed by atoms with Gasteiger partial charge in [0.15, 0.2) is 0 Å². The van der Waals surface area contributed by atoms with E-state index in [-0.39, 0.29) is 5.84 Å². The van der Waals surface area contributed by atoms with Crippen LogP contribution in [-0.2, 0) is 6.42 Å². The highest BCUT2D eigenvalue weighted by Gasteiger charge is 2.04. The Morgan fingerprint density at radius 2 is 2.22 bits per heavy atom. The Balaban J connectivity index is 1.95. The lowest BCUT2D eigenvalue weighted by Crippen LogP contribution is -2.11. The summed E-state index contributed by atoms with van der Waals surface area (Å²) in [6.45, 7) is 0.637. The van der Waals surface area contributed by atoms with E-state index in [4.69, 9.17) is 15.9 Å². The molecule has 0 spiro atoms. The molecular formula is C13H13BrN2OS. The van der Waals surface area contributed by atoms with Gasteiger partial charge in [-0.2, -0.15) is 0 Å². The van der Waals surface area contributed by atoms with Crippen LogP contribution in [0, 0.1) is 5.41 Å². The van der Waals surface area contributed by atoms with E-state index >= 15 is 0 Å². The van der Waals surface area contributed by atoms with Crippen molar-refractivity contribution >= 4 is 33.1 Å². The maximum Gasteiger partial charge on any atom is 0.133 e. The molecule has 2 rings (SSSR count). The zero-order valence-corrected chi connectivity index (χ0v) is 12.1. The van der Waals surface area contributed by atoms with Gasteiger partial charge in [-0.05, 0) is 45.6 Å². The smallest absolute Gasteiger partial charge is 0.133 e. The van der Waals surface area contributed by atoms with Crippen LogP contribution in [0.25, 0.3) is 0 Å². The van der Waals surface area contributed by atoms with Crippen LogP contribution < -0.4 is 10.5 Å². The molecule has 0 saturated heterocycles. The van der Waals surface area contributed by atoms with E-state index in [0.717, 1.165) is 16.6 Å². The molecule has 0 bridgehead atoms. The molecule has 0 radical (unpaired) electrons. The summed E-state index contributed by atoms with van der Waals surface area (Å²) in [4.78, 5) is 1.31. The number of ether oxygens (including phenoxy) is 1. The molecule has 0 aliphatic carbocycles. The second-order valence-corrected chi connectivity index (χ2v) is 5.62. The Labute approximate surface area is 118 Å². The number of nitrogen functional groups attached to an aromatic ring is 1. The highest BCUT2D eigenvalue weighted by molar-refractivity contribution is 9.10. The first kappa shape index (κ1) is 13.1. The molecule has 0 amide bonds. The van der Waals surface area contributed by atoms with Gasteiger partial charge in [-0.25, -0.2) is 0 Å². The summed E-state index contributed by atoms with van der Waals surface area (Å²) < 4.78 is 6.51. The van der Waals surface area contributed by atoms with E-state index in [1.54, 1.807) is 23.5 Å². The first-order chi connectivity index (χ1) is 8.66. The van der Waals surface area contributed by atoms with Gasteiger partial charge in [0.25, 0.3) is 0 Å². The standard InChI is InChI=1S/C13H13BrN2OS/c14-11-8-9(13(15)16)3-4-12(11)17-6-5-10-2-1-7-18-10/h1-4,7-8H,5-6H2,(H3,15,16). The number of rotatable bonds is 5. The zero-order valence-electron chi connectivity index (χ0n) is 9.65. The molecule has 1 heterocycles. The Morgan fingerprint density at radius 1 is 1.39 bits per heavy atom. The lowest BCUT2D eigenvalue weighted by Gasteiger charge is -2.08. The summed E-state index contributed by atoms with van der Waals surface area (Å²) in [5, 5.41) is 9.42. The van der Waals surface area contributed by atoms with E-state index in [0.29, 0.717) is 12.2 Å². The monoisotopic (exact) mass is 324 g/mol. The molecule has 0 fully saturated rings. The summed E-state index contributed by atoms with van der Waals surface area (Å²) >= 11 is 5.15. The second kappa shape index (κ2) is 6.02. The van der Waals surface area contributed by atoms with Crippen molar-refractivity contribution in [2.75, 3.05) is 6.61 Å². The van der Waals surface area contributed by atoms with Crippen LogP contribution in [0.1, 0.15) is 10.4 Å².